The molecule has 0 aromatic heterocycles. The van der Waals surface area contributed by atoms with Crippen LogP contribution in [0.25, 0.3) is 11.1 Å². The maximum atomic E-state index is 8.11. The lowest BCUT2D eigenvalue weighted by Gasteiger charge is -1.98. The molecule has 0 heterocycles. The Labute approximate surface area is 121 Å². The second-order valence-corrected chi connectivity index (χ2v) is 4.28. The van der Waals surface area contributed by atoms with Crippen molar-refractivity contribution in [2.24, 2.45) is 0 Å². The van der Waals surface area contributed by atoms with Crippen LogP contribution in [0.4, 0.5) is 0 Å². The van der Waals surface area contributed by atoms with Gasteiger partial charge in [-0.3, -0.25) is 0 Å². The van der Waals surface area contributed by atoms with E-state index in [0.29, 0.717) is 6.61 Å². The fourth-order valence-electron chi connectivity index (χ4n) is 1.59. The second-order valence-electron chi connectivity index (χ2n) is 4.28. The van der Waals surface area contributed by atoms with Crippen LogP contribution in [0, 0.1) is 0 Å². The van der Waals surface area contributed by atoms with Crippen molar-refractivity contribution in [1.29, 1.82) is 0 Å². The highest BCUT2D eigenvalue weighted by molar-refractivity contribution is 6.32. The van der Waals surface area contributed by atoms with Gasteiger partial charge in [0.05, 0.1) is 0 Å². The van der Waals surface area contributed by atoms with Gasteiger partial charge in [-0.05, 0) is 17.5 Å². The van der Waals surface area contributed by atoms with E-state index in [-0.39, 0.29) is 0 Å². The fourth-order valence-corrected chi connectivity index (χ4v) is 1.59. The normalized spacial score (nSPS) is 9.55. The van der Waals surface area contributed by atoms with Crippen LogP contribution in [-0.4, -0.2) is 24.0 Å². The summed E-state index contributed by atoms with van der Waals surface area (Å²) in [6, 6.07) is 20.8. The predicted octanol–water partition coefficient (Wildman–Crippen LogP) is 3.13. The van der Waals surface area contributed by atoms with Crippen LogP contribution >= 0.6 is 0 Å². The molecular weight excluding hydrogens is 251 g/mol. The minimum atomic E-state index is -1.60. The summed E-state index contributed by atoms with van der Waals surface area (Å²) < 4.78 is 4.39. The SMILES string of the molecule is CCCCOB(O)O.c1ccc(-c2ccccc2)cc1. The van der Waals surface area contributed by atoms with Gasteiger partial charge in [0.25, 0.3) is 0 Å². The van der Waals surface area contributed by atoms with Crippen LogP contribution in [0.15, 0.2) is 60.7 Å². The summed E-state index contributed by atoms with van der Waals surface area (Å²) in [5, 5.41) is 16.2. The molecule has 0 saturated carbocycles. The lowest BCUT2D eigenvalue weighted by Crippen LogP contribution is -2.17. The first-order chi connectivity index (χ1) is 9.74. The summed E-state index contributed by atoms with van der Waals surface area (Å²) in [7, 11) is -1.60. The van der Waals surface area contributed by atoms with Crippen molar-refractivity contribution in [2.75, 3.05) is 6.61 Å². The highest BCUT2D eigenvalue weighted by atomic mass is 16.6. The standard InChI is InChI=1S/C12H10.C4H11BO3/c1-3-7-11(8-4-1)12-9-5-2-6-10-12;1-2-3-4-8-5(6)7/h1-10H;6-7H,2-4H2,1H3. The van der Waals surface area contributed by atoms with E-state index in [1.165, 1.54) is 11.1 Å². The average Bonchev–Trinajstić information content (AvgIpc) is 2.50. The third-order valence-corrected chi connectivity index (χ3v) is 2.65. The minimum Gasteiger partial charge on any atom is -0.402 e. The first kappa shape index (κ1) is 16.4. The molecule has 0 aliphatic rings. The van der Waals surface area contributed by atoms with Crippen molar-refractivity contribution in [3.05, 3.63) is 60.7 Å². The van der Waals surface area contributed by atoms with Crippen molar-refractivity contribution in [2.45, 2.75) is 19.8 Å². The van der Waals surface area contributed by atoms with Crippen molar-refractivity contribution in [1.82, 2.24) is 0 Å². The average molecular weight is 272 g/mol. The van der Waals surface area contributed by atoms with Gasteiger partial charge in [0.2, 0.25) is 0 Å². The fraction of sp³-hybridized carbons (Fsp3) is 0.250. The van der Waals surface area contributed by atoms with Gasteiger partial charge >= 0.3 is 7.32 Å². The molecule has 2 rings (SSSR count). The highest BCUT2D eigenvalue weighted by Gasteiger charge is 2.05. The van der Waals surface area contributed by atoms with Crippen LogP contribution in [0.2, 0.25) is 0 Å². The van der Waals surface area contributed by atoms with Gasteiger partial charge in [-0.2, -0.15) is 0 Å². The van der Waals surface area contributed by atoms with Crippen molar-refractivity contribution in [3.63, 3.8) is 0 Å². The molecule has 2 aromatic carbocycles. The van der Waals surface area contributed by atoms with Crippen LogP contribution in [-0.2, 0) is 4.65 Å². The van der Waals surface area contributed by atoms with Crippen molar-refractivity contribution >= 4 is 7.32 Å². The van der Waals surface area contributed by atoms with E-state index < -0.39 is 7.32 Å². The lowest BCUT2D eigenvalue weighted by atomic mass is 10.1. The van der Waals surface area contributed by atoms with E-state index >= 15 is 0 Å². The molecule has 4 heteroatoms. The molecule has 0 saturated heterocycles. The highest BCUT2D eigenvalue weighted by Crippen LogP contribution is 2.17. The van der Waals surface area contributed by atoms with E-state index in [0.717, 1.165) is 12.8 Å². The summed E-state index contributed by atoms with van der Waals surface area (Å²) in [5.41, 5.74) is 2.55. The van der Waals surface area contributed by atoms with Crippen molar-refractivity contribution in [3.8, 4) is 11.1 Å². The quantitative estimate of drug-likeness (QED) is 0.649. The molecule has 0 bridgehead atoms. The number of hydrogen-bond acceptors (Lipinski definition) is 3. The molecule has 0 aliphatic carbocycles. The molecule has 0 unspecified atom stereocenters. The minimum absolute atomic E-state index is 0.425. The van der Waals surface area contributed by atoms with Crippen LogP contribution in [0.5, 0.6) is 0 Å². The van der Waals surface area contributed by atoms with Gasteiger partial charge in [0, 0.05) is 6.61 Å². The lowest BCUT2D eigenvalue weighted by molar-refractivity contribution is 0.183. The van der Waals surface area contributed by atoms with Gasteiger partial charge < -0.3 is 14.7 Å². The van der Waals surface area contributed by atoms with Crippen molar-refractivity contribution < 1.29 is 14.7 Å². The molecule has 0 fully saturated rings. The zero-order chi connectivity index (χ0) is 14.6. The predicted molar refractivity (Wildman–Crippen MR) is 82.9 cm³/mol. The first-order valence-corrected chi connectivity index (χ1v) is 6.82. The monoisotopic (exact) mass is 272 g/mol. The number of unbranched alkanes of at least 4 members (excludes halogenated alkanes) is 1. The molecule has 3 nitrogen and oxygen atoms in total. The second kappa shape index (κ2) is 10.2. The summed E-state index contributed by atoms with van der Waals surface area (Å²) in [4.78, 5) is 0. The Morgan fingerprint density at radius 3 is 1.65 bits per heavy atom. The smallest absolute Gasteiger partial charge is 0.402 e. The Hall–Kier alpha value is -1.62. The summed E-state index contributed by atoms with van der Waals surface area (Å²) in [5.74, 6) is 0. The Morgan fingerprint density at radius 2 is 1.30 bits per heavy atom. The van der Waals surface area contributed by atoms with Gasteiger partial charge in [0.15, 0.2) is 0 Å². The largest absolute Gasteiger partial charge is 0.633 e. The van der Waals surface area contributed by atoms with E-state index in [1.54, 1.807) is 0 Å². The maximum absolute atomic E-state index is 8.11. The van der Waals surface area contributed by atoms with E-state index in [9.17, 15) is 0 Å². The van der Waals surface area contributed by atoms with Crippen LogP contribution in [0.1, 0.15) is 19.8 Å². The van der Waals surface area contributed by atoms with Gasteiger partial charge in [-0.1, -0.05) is 74.0 Å². The Balaban J connectivity index is 0.000000221. The Morgan fingerprint density at radius 1 is 0.850 bits per heavy atom. The number of benzene rings is 2. The first-order valence-electron chi connectivity index (χ1n) is 6.82. The molecular formula is C16H21BO3. The zero-order valence-corrected chi connectivity index (χ0v) is 11.8. The van der Waals surface area contributed by atoms with Crippen LogP contribution in [0.3, 0.4) is 0 Å². The van der Waals surface area contributed by atoms with E-state index in [4.69, 9.17) is 10.0 Å². The Bertz CT molecular complexity index is 408. The molecule has 0 spiro atoms. The summed E-state index contributed by atoms with van der Waals surface area (Å²) in [6.07, 6.45) is 1.88. The Kier molecular flexibility index (Phi) is 8.39. The molecule has 2 aromatic rings. The van der Waals surface area contributed by atoms with E-state index in [1.807, 2.05) is 19.1 Å². The van der Waals surface area contributed by atoms with Crippen LogP contribution < -0.4 is 0 Å². The summed E-state index contributed by atoms with van der Waals surface area (Å²) in [6.45, 7) is 2.43. The number of hydrogen-bond donors (Lipinski definition) is 2. The number of rotatable bonds is 5. The van der Waals surface area contributed by atoms with Gasteiger partial charge in [-0.25, -0.2) is 0 Å². The van der Waals surface area contributed by atoms with Gasteiger partial charge in [-0.15, -0.1) is 0 Å². The maximum Gasteiger partial charge on any atom is 0.633 e. The molecule has 0 aliphatic heterocycles. The molecule has 0 amide bonds. The molecule has 0 atom stereocenters. The zero-order valence-electron chi connectivity index (χ0n) is 11.8. The summed E-state index contributed by atoms with van der Waals surface area (Å²) >= 11 is 0. The third kappa shape index (κ3) is 7.09. The molecule has 20 heavy (non-hydrogen) atoms. The molecule has 0 radical (unpaired) electrons. The topological polar surface area (TPSA) is 49.7 Å². The molecule has 2 N–H and O–H groups in total. The molecule has 106 valence electrons. The third-order valence-electron chi connectivity index (χ3n) is 2.65. The van der Waals surface area contributed by atoms with Gasteiger partial charge in [0.1, 0.15) is 0 Å². The van der Waals surface area contributed by atoms with E-state index in [2.05, 4.69) is 53.2 Å².